The maximum atomic E-state index is 13.0. The Kier molecular flexibility index (Phi) is 4.31. The third kappa shape index (κ3) is 2.29. The molecule has 18 heavy (non-hydrogen) atoms. The molecule has 1 aliphatic heterocycles. The number of hydrogen-bond acceptors (Lipinski definition) is 2. The van der Waals surface area contributed by atoms with E-state index in [-0.39, 0.29) is 5.41 Å². The van der Waals surface area contributed by atoms with Gasteiger partial charge in [-0.25, -0.2) is 0 Å². The average Bonchev–Trinajstić information content (AvgIpc) is 3.01. The van der Waals surface area contributed by atoms with Gasteiger partial charge < -0.3 is 10.2 Å². The van der Waals surface area contributed by atoms with Crippen LogP contribution < -0.4 is 5.32 Å². The van der Waals surface area contributed by atoms with Gasteiger partial charge in [-0.2, -0.15) is 0 Å². The lowest BCUT2D eigenvalue weighted by molar-refractivity contribution is -0.145. The molecule has 2 aliphatic rings. The number of nitrogens with one attached hydrogen (secondary N) is 1. The Balaban J connectivity index is 2.16. The number of carbonyl (C=O) groups is 1. The average molecular weight is 252 g/mol. The highest BCUT2D eigenvalue weighted by Crippen LogP contribution is 2.38. The first-order valence-electron chi connectivity index (χ1n) is 7.63. The molecule has 0 aromatic carbocycles. The van der Waals surface area contributed by atoms with Crippen LogP contribution in [-0.4, -0.2) is 36.5 Å². The van der Waals surface area contributed by atoms with Gasteiger partial charge in [0, 0.05) is 19.1 Å². The zero-order valence-electron chi connectivity index (χ0n) is 12.2. The van der Waals surface area contributed by atoms with Crippen molar-refractivity contribution < 1.29 is 4.79 Å². The minimum absolute atomic E-state index is 0.140. The largest absolute Gasteiger partial charge is 0.339 e. The van der Waals surface area contributed by atoms with E-state index in [9.17, 15) is 4.79 Å². The van der Waals surface area contributed by atoms with Crippen LogP contribution >= 0.6 is 0 Å². The molecule has 1 saturated heterocycles. The molecule has 0 bridgehead atoms. The Morgan fingerprint density at radius 1 is 1.39 bits per heavy atom. The van der Waals surface area contributed by atoms with Crippen molar-refractivity contribution in [2.24, 2.45) is 11.3 Å². The first kappa shape index (κ1) is 13.9. The van der Waals surface area contributed by atoms with Crippen molar-refractivity contribution >= 4 is 5.91 Å². The van der Waals surface area contributed by atoms with Gasteiger partial charge in [0.2, 0.25) is 5.91 Å². The minimum Gasteiger partial charge on any atom is -0.339 e. The summed E-state index contributed by atoms with van der Waals surface area (Å²) in [7, 11) is 0. The maximum Gasteiger partial charge on any atom is 0.230 e. The van der Waals surface area contributed by atoms with Gasteiger partial charge in [0.15, 0.2) is 0 Å². The van der Waals surface area contributed by atoms with E-state index in [4.69, 9.17) is 0 Å². The molecule has 0 aromatic rings. The summed E-state index contributed by atoms with van der Waals surface area (Å²) in [6.45, 7) is 9.27. The second-order valence-corrected chi connectivity index (χ2v) is 6.27. The fourth-order valence-corrected chi connectivity index (χ4v) is 3.70. The first-order valence-corrected chi connectivity index (χ1v) is 7.63. The zero-order valence-corrected chi connectivity index (χ0v) is 12.2. The lowest BCUT2D eigenvalue weighted by Gasteiger charge is -2.39. The summed E-state index contributed by atoms with van der Waals surface area (Å²) in [6.07, 6.45) is 6.01. The molecule has 1 heterocycles. The minimum atomic E-state index is -0.140. The number of amides is 1. The fourth-order valence-electron chi connectivity index (χ4n) is 3.70. The number of hydrogen-bond donors (Lipinski definition) is 1. The molecule has 1 amide bonds. The van der Waals surface area contributed by atoms with Crippen molar-refractivity contribution in [2.75, 3.05) is 19.6 Å². The summed E-state index contributed by atoms with van der Waals surface area (Å²) in [5.74, 6) is 0.840. The number of nitrogens with zero attached hydrogens (tertiary/aromatic N) is 1. The van der Waals surface area contributed by atoms with Crippen LogP contribution in [0.5, 0.6) is 0 Å². The van der Waals surface area contributed by atoms with E-state index in [0.29, 0.717) is 17.9 Å². The molecule has 0 aromatic heterocycles. The summed E-state index contributed by atoms with van der Waals surface area (Å²) in [6, 6.07) is 0.513. The quantitative estimate of drug-likeness (QED) is 0.833. The van der Waals surface area contributed by atoms with Crippen molar-refractivity contribution in [1.82, 2.24) is 10.2 Å². The fraction of sp³-hybridized carbons (Fsp3) is 0.933. The van der Waals surface area contributed by atoms with Crippen LogP contribution in [0.25, 0.3) is 0 Å². The third-order valence-electron chi connectivity index (χ3n) is 5.09. The van der Waals surface area contributed by atoms with Crippen LogP contribution in [0.3, 0.4) is 0 Å². The molecular formula is C15H28N2O. The zero-order chi connectivity index (χ0) is 13.2. The van der Waals surface area contributed by atoms with Gasteiger partial charge in [-0.15, -0.1) is 0 Å². The Hall–Kier alpha value is -0.570. The van der Waals surface area contributed by atoms with E-state index in [1.165, 1.54) is 25.7 Å². The molecule has 1 N–H and O–H groups in total. The van der Waals surface area contributed by atoms with Crippen LogP contribution in [0.4, 0.5) is 0 Å². The highest BCUT2D eigenvalue weighted by molar-refractivity contribution is 5.84. The van der Waals surface area contributed by atoms with Crippen LogP contribution in [0.15, 0.2) is 0 Å². The van der Waals surface area contributed by atoms with Crippen molar-refractivity contribution in [3.05, 3.63) is 0 Å². The normalized spacial score (nSPS) is 29.1. The smallest absolute Gasteiger partial charge is 0.230 e. The van der Waals surface area contributed by atoms with Crippen LogP contribution in [0, 0.1) is 11.3 Å². The van der Waals surface area contributed by atoms with Crippen LogP contribution in [-0.2, 0) is 4.79 Å². The topological polar surface area (TPSA) is 32.3 Å². The van der Waals surface area contributed by atoms with Gasteiger partial charge in [-0.1, -0.05) is 26.7 Å². The van der Waals surface area contributed by atoms with Gasteiger partial charge >= 0.3 is 0 Å². The SMILES string of the molecule is CCN(C(=O)C1(C(C)C)CCNC1)C1CCCC1. The van der Waals surface area contributed by atoms with Gasteiger partial charge in [0.25, 0.3) is 0 Å². The number of carbonyl (C=O) groups excluding carboxylic acids is 1. The van der Waals surface area contributed by atoms with Crippen LogP contribution in [0.1, 0.15) is 52.9 Å². The molecule has 3 nitrogen and oxygen atoms in total. The monoisotopic (exact) mass is 252 g/mol. The standard InChI is InChI=1S/C15H28N2O/c1-4-17(13-7-5-6-8-13)14(18)15(12(2)3)9-10-16-11-15/h12-13,16H,4-11H2,1-3H3. The highest BCUT2D eigenvalue weighted by Gasteiger charge is 2.47. The van der Waals surface area contributed by atoms with Crippen molar-refractivity contribution in [1.29, 1.82) is 0 Å². The molecule has 0 spiro atoms. The van der Waals surface area contributed by atoms with Crippen molar-refractivity contribution in [3.63, 3.8) is 0 Å². The van der Waals surface area contributed by atoms with E-state index in [2.05, 4.69) is 31.0 Å². The Labute approximate surface area is 111 Å². The van der Waals surface area contributed by atoms with E-state index in [1.54, 1.807) is 0 Å². The second-order valence-electron chi connectivity index (χ2n) is 6.27. The molecule has 3 heteroatoms. The Bertz CT molecular complexity index is 289. The summed E-state index contributed by atoms with van der Waals surface area (Å²) in [5.41, 5.74) is -0.140. The molecule has 1 unspecified atom stereocenters. The van der Waals surface area contributed by atoms with E-state index in [0.717, 1.165) is 26.1 Å². The maximum absolute atomic E-state index is 13.0. The second kappa shape index (κ2) is 5.60. The molecule has 1 aliphatic carbocycles. The third-order valence-corrected chi connectivity index (χ3v) is 5.09. The summed E-state index contributed by atoms with van der Waals surface area (Å²) in [5, 5.41) is 3.40. The Morgan fingerprint density at radius 2 is 2.06 bits per heavy atom. The molecule has 104 valence electrons. The van der Waals surface area contributed by atoms with Gasteiger partial charge in [-0.05, 0) is 38.6 Å². The summed E-state index contributed by atoms with van der Waals surface area (Å²) >= 11 is 0. The van der Waals surface area contributed by atoms with Gasteiger partial charge in [0.1, 0.15) is 0 Å². The summed E-state index contributed by atoms with van der Waals surface area (Å²) in [4.78, 5) is 15.2. The van der Waals surface area contributed by atoms with Crippen LogP contribution in [0.2, 0.25) is 0 Å². The first-order chi connectivity index (χ1) is 8.62. The van der Waals surface area contributed by atoms with E-state index < -0.39 is 0 Å². The van der Waals surface area contributed by atoms with Crippen molar-refractivity contribution in [2.45, 2.75) is 58.9 Å². The van der Waals surface area contributed by atoms with Gasteiger partial charge in [-0.3, -0.25) is 4.79 Å². The summed E-state index contributed by atoms with van der Waals surface area (Å²) < 4.78 is 0. The molecule has 1 atom stereocenters. The van der Waals surface area contributed by atoms with Crippen molar-refractivity contribution in [3.8, 4) is 0 Å². The van der Waals surface area contributed by atoms with E-state index in [1.807, 2.05) is 0 Å². The predicted octanol–water partition coefficient (Wildman–Crippen LogP) is 2.41. The molecule has 2 fully saturated rings. The Morgan fingerprint density at radius 3 is 2.50 bits per heavy atom. The lowest BCUT2D eigenvalue weighted by Crippen LogP contribution is -2.51. The lowest BCUT2D eigenvalue weighted by atomic mass is 9.75. The molecule has 1 saturated carbocycles. The predicted molar refractivity (Wildman–Crippen MR) is 74.4 cm³/mol. The highest BCUT2D eigenvalue weighted by atomic mass is 16.2. The molecule has 0 radical (unpaired) electrons. The number of rotatable bonds is 4. The molecular weight excluding hydrogens is 224 g/mol. The van der Waals surface area contributed by atoms with E-state index >= 15 is 0 Å². The molecule has 2 rings (SSSR count). The van der Waals surface area contributed by atoms with Gasteiger partial charge in [0.05, 0.1) is 5.41 Å².